The second-order valence-electron chi connectivity index (χ2n) is 4.12. The van der Waals surface area contributed by atoms with Crippen LogP contribution < -0.4 is 5.32 Å². The van der Waals surface area contributed by atoms with Gasteiger partial charge in [0.25, 0.3) is 0 Å². The molecule has 0 unspecified atom stereocenters. The first-order valence-corrected chi connectivity index (χ1v) is 6.21. The Bertz CT molecular complexity index is 202. The minimum absolute atomic E-state index is 0.292. The third-order valence-electron chi connectivity index (χ3n) is 2.36. The van der Waals surface area contributed by atoms with Crippen molar-refractivity contribution >= 4 is 5.97 Å². The highest BCUT2D eigenvalue weighted by Crippen LogP contribution is 2.03. The summed E-state index contributed by atoms with van der Waals surface area (Å²) in [5.41, 5.74) is 0.446. The molecule has 0 aromatic heterocycles. The van der Waals surface area contributed by atoms with Crippen molar-refractivity contribution in [3.05, 3.63) is 12.2 Å². The molecule has 0 spiro atoms. The number of unbranched alkanes of at least 4 members (excludes halogenated alkanes) is 5. The number of rotatable bonds is 10. The Labute approximate surface area is 99.3 Å². The topological polar surface area (TPSA) is 38.3 Å². The van der Waals surface area contributed by atoms with E-state index >= 15 is 0 Å². The van der Waals surface area contributed by atoms with Crippen LogP contribution in [0.15, 0.2) is 12.2 Å². The van der Waals surface area contributed by atoms with E-state index < -0.39 is 0 Å². The van der Waals surface area contributed by atoms with Gasteiger partial charge in [-0.2, -0.15) is 0 Å². The molecule has 0 radical (unpaired) electrons. The average Bonchev–Trinajstić information content (AvgIpc) is 2.26. The molecule has 0 atom stereocenters. The first-order chi connectivity index (χ1) is 7.68. The Morgan fingerprint density at radius 1 is 1.19 bits per heavy atom. The summed E-state index contributed by atoms with van der Waals surface area (Å²) in [5, 5.41) is 3.08. The van der Waals surface area contributed by atoms with E-state index in [0.717, 1.165) is 13.0 Å². The molecule has 0 aliphatic rings. The lowest BCUT2D eigenvalue weighted by Crippen LogP contribution is -2.22. The van der Waals surface area contributed by atoms with Crippen molar-refractivity contribution in [3.8, 4) is 0 Å². The fourth-order valence-electron chi connectivity index (χ4n) is 1.34. The third-order valence-corrected chi connectivity index (χ3v) is 2.36. The summed E-state index contributed by atoms with van der Waals surface area (Å²) in [6.07, 6.45) is 7.66. The molecule has 1 N–H and O–H groups in total. The molecule has 0 saturated carbocycles. The Hall–Kier alpha value is -0.830. The predicted octanol–water partition coefficient (Wildman–Crippen LogP) is 3.01. The predicted molar refractivity (Wildman–Crippen MR) is 67.2 cm³/mol. The van der Waals surface area contributed by atoms with Crippen LogP contribution in [-0.4, -0.2) is 19.2 Å². The Balaban J connectivity index is 3.10. The standard InChI is InChI=1S/C13H25NO2/c1-4-5-6-7-8-9-10-14-11-16-13(15)12(2)3/h14H,2,4-11H2,1,3H3. The van der Waals surface area contributed by atoms with Crippen molar-refractivity contribution in [2.45, 2.75) is 52.4 Å². The van der Waals surface area contributed by atoms with Gasteiger partial charge < -0.3 is 4.74 Å². The first kappa shape index (κ1) is 15.2. The van der Waals surface area contributed by atoms with Crippen LogP contribution in [0.5, 0.6) is 0 Å². The molecule has 0 rings (SSSR count). The molecule has 0 aliphatic heterocycles. The van der Waals surface area contributed by atoms with Crippen molar-refractivity contribution in [1.29, 1.82) is 0 Å². The zero-order valence-electron chi connectivity index (χ0n) is 10.7. The minimum Gasteiger partial charge on any atom is -0.446 e. The lowest BCUT2D eigenvalue weighted by molar-refractivity contribution is -0.139. The molecule has 0 saturated heterocycles. The molecule has 16 heavy (non-hydrogen) atoms. The zero-order valence-corrected chi connectivity index (χ0v) is 10.7. The molecular weight excluding hydrogens is 202 g/mol. The molecule has 0 aliphatic carbocycles. The second-order valence-corrected chi connectivity index (χ2v) is 4.12. The fourth-order valence-corrected chi connectivity index (χ4v) is 1.34. The molecule has 0 aromatic carbocycles. The highest BCUT2D eigenvalue weighted by Gasteiger charge is 2.00. The Morgan fingerprint density at radius 2 is 1.81 bits per heavy atom. The average molecular weight is 227 g/mol. The van der Waals surface area contributed by atoms with Gasteiger partial charge in [-0.3, -0.25) is 5.32 Å². The third kappa shape index (κ3) is 9.71. The summed E-state index contributed by atoms with van der Waals surface area (Å²) >= 11 is 0. The molecule has 3 nitrogen and oxygen atoms in total. The Kier molecular flexibility index (Phi) is 10.1. The highest BCUT2D eigenvalue weighted by molar-refractivity contribution is 5.86. The summed E-state index contributed by atoms with van der Waals surface area (Å²) in [7, 11) is 0. The normalized spacial score (nSPS) is 10.1. The maximum Gasteiger partial charge on any atom is 0.334 e. The van der Waals surface area contributed by atoms with Crippen molar-refractivity contribution in [2.75, 3.05) is 13.3 Å². The van der Waals surface area contributed by atoms with E-state index in [1.807, 2.05) is 0 Å². The molecule has 0 heterocycles. The molecule has 3 heteroatoms. The quantitative estimate of drug-likeness (QED) is 0.270. The van der Waals surface area contributed by atoms with E-state index in [2.05, 4.69) is 18.8 Å². The highest BCUT2D eigenvalue weighted by atomic mass is 16.5. The van der Waals surface area contributed by atoms with Crippen molar-refractivity contribution < 1.29 is 9.53 Å². The van der Waals surface area contributed by atoms with Gasteiger partial charge >= 0.3 is 5.97 Å². The zero-order chi connectivity index (χ0) is 12.2. The summed E-state index contributed by atoms with van der Waals surface area (Å²) in [5.74, 6) is -0.324. The molecule has 0 bridgehead atoms. The lowest BCUT2D eigenvalue weighted by atomic mass is 10.1. The van der Waals surface area contributed by atoms with Crippen LogP contribution in [0.4, 0.5) is 0 Å². The maximum absolute atomic E-state index is 11.0. The van der Waals surface area contributed by atoms with Gasteiger partial charge in [0.1, 0.15) is 6.73 Å². The summed E-state index contributed by atoms with van der Waals surface area (Å²) in [6.45, 7) is 8.58. The maximum atomic E-state index is 11.0. The van der Waals surface area contributed by atoms with Crippen LogP contribution in [0.2, 0.25) is 0 Å². The SMILES string of the molecule is C=C(C)C(=O)OCNCCCCCCCC. The largest absolute Gasteiger partial charge is 0.446 e. The van der Waals surface area contributed by atoms with Crippen molar-refractivity contribution in [3.63, 3.8) is 0 Å². The molecule has 0 fully saturated rings. The fraction of sp³-hybridized carbons (Fsp3) is 0.769. The number of esters is 1. The number of hydrogen-bond acceptors (Lipinski definition) is 3. The lowest BCUT2D eigenvalue weighted by Gasteiger charge is -2.06. The van der Waals surface area contributed by atoms with Gasteiger partial charge in [0.15, 0.2) is 0 Å². The van der Waals surface area contributed by atoms with Crippen LogP contribution in [0.25, 0.3) is 0 Å². The van der Waals surface area contributed by atoms with Crippen LogP contribution in [0, 0.1) is 0 Å². The van der Waals surface area contributed by atoms with E-state index in [1.165, 1.54) is 32.1 Å². The number of ether oxygens (including phenoxy) is 1. The van der Waals surface area contributed by atoms with Crippen molar-refractivity contribution in [2.24, 2.45) is 0 Å². The van der Waals surface area contributed by atoms with Crippen LogP contribution in [0.1, 0.15) is 52.4 Å². The van der Waals surface area contributed by atoms with E-state index in [-0.39, 0.29) is 5.97 Å². The number of carbonyl (C=O) groups is 1. The molecule has 0 aromatic rings. The number of carbonyl (C=O) groups excluding carboxylic acids is 1. The van der Waals surface area contributed by atoms with Gasteiger partial charge in [-0.05, 0) is 19.9 Å². The Morgan fingerprint density at radius 3 is 2.44 bits per heavy atom. The van der Waals surface area contributed by atoms with Crippen LogP contribution in [-0.2, 0) is 9.53 Å². The summed E-state index contributed by atoms with van der Waals surface area (Å²) < 4.78 is 4.90. The van der Waals surface area contributed by atoms with E-state index in [1.54, 1.807) is 6.92 Å². The summed E-state index contributed by atoms with van der Waals surface area (Å²) in [6, 6.07) is 0. The molecule has 94 valence electrons. The summed E-state index contributed by atoms with van der Waals surface area (Å²) in [4.78, 5) is 11.0. The monoisotopic (exact) mass is 227 g/mol. The first-order valence-electron chi connectivity index (χ1n) is 6.21. The van der Waals surface area contributed by atoms with E-state index in [0.29, 0.717) is 12.3 Å². The van der Waals surface area contributed by atoms with Crippen LogP contribution in [0.3, 0.4) is 0 Å². The molecular formula is C13H25NO2. The second kappa shape index (κ2) is 10.7. The van der Waals surface area contributed by atoms with Gasteiger partial charge in [-0.1, -0.05) is 45.6 Å². The minimum atomic E-state index is -0.324. The van der Waals surface area contributed by atoms with Gasteiger partial charge in [0.05, 0.1) is 0 Å². The van der Waals surface area contributed by atoms with E-state index in [4.69, 9.17) is 4.74 Å². The molecule has 0 amide bonds. The van der Waals surface area contributed by atoms with E-state index in [9.17, 15) is 4.79 Å². The van der Waals surface area contributed by atoms with Gasteiger partial charge in [-0.15, -0.1) is 0 Å². The van der Waals surface area contributed by atoms with Gasteiger partial charge in [0, 0.05) is 5.57 Å². The van der Waals surface area contributed by atoms with Gasteiger partial charge in [0.2, 0.25) is 0 Å². The van der Waals surface area contributed by atoms with Crippen molar-refractivity contribution in [1.82, 2.24) is 5.32 Å². The number of nitrogens with one attached hydrogen (secondary N) is 1. The van der Waals surface area contributed by atoms with Gasteiger partial charge in [-0.25, -0.2) is 4.79 Å². The van der Waals surface area contributed by atoms with Crippen LogP contribution >= 0.6 is 0 Å². The number of hydrogen-bond donors (Lipinski definition) is 1. The smallest absolute Gasteiger partial charge is 0.334 e.